The van der Waals surface area contributed by atoms with Crippen molar-refractivity contribution in [1.82, 2.24) is 9.97 Å². The summed E-state index contributed by atoms with van der Waals surface area (Å²) in [5.74, 6) is 0.648. The van der Waals surface area contributed by atoms with E-state index in [-0.39, 0.29) is 11.8 Å². The summed E-state index contributed by atoms with van der Waals surface area (Å²) >= 11 is 0. The Kier molecular flexibility index (Phi) is 4.16. The fraction of sp³-hybridized carbons (Fsp3) is 0.444. The molecule has 0 amide bonds. The van der Waals surface area contributed by atoms with Crippen molar-refractivity contribution in [3.8, 4) is 18.0 Å². The lowest BCUT2D eigenvalue weighted by Crippen LogP contribution is -2.03. The Balaban J connectivity index is 2.53. The minimum absolute atomic E-state index is 0.172. The second-order valence-corrected chi connectivity index (χ2v) is 2.73. The zero-order valence-corrected chi connectivity index (χ0v) is 8.43. The molecule has 1 heterocycles. The molecule has 0 aliphatic heterocycles. The molecule has 6 heteroatoms. The summed E-state index contributed by atoms with van der Waals surface area (Å²) in [5.41, 5.74) is 5.50. The zero-order valence-electron chi connectivity index (χ0n) is 8.43. The number of anilines is 1. The highest BCUT2D eigenvalue weighted by molar-refractivity contribution is 5.34. The Labute approximate surface area is 87.7 Å². The summed E-state index contributed by atoms with van der Waals surface area (Å²) in [6.07, 6.45) is 1.11. The lowest BCUT2D eigenvalue weighted by Gasteiger charge is -2.05. The molecule has 0 bridgehead atoms. The van der Waals surface area contributed by atoms with Crippen LogP contribution in [0.5, 0.6) is 11.9 Å². The third-order valence-electron chi connectivity index (χ3n) is 1.57. The summed E-state index contributed by atoms with van der Waals surface area (Å²) in [6, 6.07) is 3.71. The summed E-state index contributed by atoms with van der Waals surface area (Å²) < 4.78 is 10.1. The van der Waals surface area contributed by atoms with E-state index in [1.165, 1.54) is 13.2 Å². The Bertz CT molecular complexity index is 362. The molecule has 0 unspecified atom stereocenters. The first-order valence-electron chi connectivity index (χ1n) is 4.44. The molecule has 0 spiro atoms. The first kappa shape index (κ1) is 11.0. The average Bonchev–Trinajstić information content (AvgIpc) is 2.23. The SMILES string of the molecule is COc1nc(N)cc(OCCCC#N)n1. The van der Waals surface area contributed by atoms with Gasteiger partial charge in [-0.1, -0.05) is 0 Å². The third-order valence-corrected chi connectivity index (χ3v) is 1.57. The molecular formula is C9H12N4O2. The lowest BCUT2D eigenvalue weighted by atomic mass is 10.3. The number of hydrogen-bond acceptors (Lipinski definition) is 6. The van der Waals surface area contributed by atoms with Crippen LogP contribution in [0.2, 0.25) is 0 Å². The van der Waals surface area contributed by atoms with Crippen molar-refractivity contribution in [1.29, 1.82) is 5.26 Å². The van der Waals surface area contributed by atoms with Crippen molar-refractivity contribution < 1.29 is 9.47 Å². The molecule has 0 aromatic carbocycles. The molecule has 6 nitrogen and oxygen atoms in total. The quantitative estimate of drug-likeness (QED) is 0.717. The standard InChI is InChI=1S/C9H12N4O2/c1-14-9-12-7(11)6-8(13-9)15-5-3-2-4-10/h6H,2-3,5H2,1H3,(H2,11,12,13). The van der Waals surface area contributed by atoms with Crippen LogP contribution in [0.4, 0.5) is 5.82 Å². The molecule has 80 valence electrons. The Hall–Kier alpha value is -2.03. The van der Waals surface area contributed by atoms with E-state index in [9.17, 15) is 0 Å². The first-order chi connectivity index (χ1) is 7.26. The van der Waals surface area contributed by atoms with Crippen molar-refractivity contribution in [3.63, 3.8) is 0 Å². The van der Waals surface area contributed by atoms with Gasteiger partial charge < -0.3 is 15.2 Å². The maximum absolute atomic E-state index is 8.32. The van der Waals surface area contributed by atoms with E-state index in [1.807, 2.05) is 6.07 Å². The number of nitrogens with two attached hydrogens (primary N) is 1. The molecule has 0 fully saturated rings. The second kappa shape index (κ2) is 5.65. The smallest absolute Gasteiger partial charge is 0.321 e. The summed E-state index contributed by atoms with van der Waals surface area (Å²) in [7, 11) is 1.45. The zero-order chi connectivity index (χ0) is 11.1. The fourth-order valence-corrected chi connectivity index (χ4v) is 0.914. The number of rotatable bonds is 5. The summed E-state index contributed by atoms with van der Waals surface area (Å²) in [6.45, 7) is 0.424. The summed E-state index contributed by atoms with van der Waals surface area (Å²) in [5, 5.41) is 8.32. The second-order valence-electron chi connectivity index (χ2n) is 2.73. The van der Waals surface area contributed by atoms with Crippen molar-refractivity contribution in [3.05, 3.63) is 6.07 Å². The highest BCUT2D eigenvalue weighted by Gasteiger charge is 2.02. The van der Waals surface area contributed by atoms with Gasteiger partial charge in [0.2, 0.25) is 5.88 Å². The van der Waals surface area contributed by atoms with Crippen LogP contribution in [0.25, 0.3) is 0 Å². The maximum atomic E-state index is 8.32. The maximum Gasteiger partial charge on any atom is 0.321 e. The molecule has 0 saturated heterocycles. The average molecular weight is 208 g/mol. The van der Waals surface area contributed by atoms with E-state index >= 15 is 0 Å². The van der Waals surface area contributed by atoms with Gasteiger partial charge in [-0.2, -0.15) is 15.2 Å². The van der Waals surface area contributed by atoms with Crippen LogP contribution in [0.3, 0.4) is 0 Å². The number of ether oxygens (including phenoxy) is 2. The van der Waals surface area contributed by atoms with Crippen LogP contribution in [0.1, 0.15) is 12.8 Å². The van der Waals surface area contributed by atoms with Gasteiger partial charge in [-0.25, -0.2) is 0 Å². The fourth-order valence-electron chi connectivity index (χ4n) is 0.914. The monoisotopic (exact) mass is 208 g/mol. The molecule has 0 aliphatic carbocycles. The number of nitrogens with zero attached hydrogens (tertiary/aromatic N) is 3. The Morgan fingerprint density at radius 2 is 2.33 bits per heavy atom. The van der Waals surface area contributed by atoms with Gasteiger partial charge >= 0.3 is 6.01 Å². The topological polar surface area (TPSA) is 94.0 Å². The van der Waals surface area contributed by atoms with Crippen LogP contribution in [-0.4, -0.2) is 23.7 Å². The largest absolute Gasteiger partial charge is 0.477 e. The van der Waals surface area contributed by atoms with Crippen molar-refractivity contribution >= 4 is 5.82 Å². The molecule has 0 radical (unpaired) electrons. The predicted octanol–water partition coefficient (Wildman–Crippen LogP) is 0.750. The lowest BCUT2D eigenvalue weighted by molar-refractivity contribution is 0.291. The van der Waals surface area contributed by atoms with E-state index in [2.05, 4.69) is 9.97 Å². The van der Waals surface area contributed by atoms with Crippen LogP contribution in [0.15, 0.2) is 6.07 Å². The van der Waals surface area contributed by atoms with Crippen LogP contribution < -0.4 is 15.2 Å². The van der Waals surface area contributed by atoms with E-state index in [1.54, 1.807) is 0 Å². The molecule has 15 heavy (non-hydrogen) atoms. The third kappa shape index (κ3) is 3.68. The Morgan fingerprint density at radius 3 is 3.00 bits per heavy atom. The van der Waals surface area contributed by atoms with Crippen molar-refractivity contribution in [2.75, 3.05) is 19.5 Å². The van der Waals surface area contributed by atoms with Gasteiger partial charge in [0.15, 0.2) is 0 Å². The van der Waals surface area contributed by atoms with Crippen molar-refractivity contribution in [2.45, 2.75) is 12.8 Å². The van der Waals surface area contributed by atoms with Gasteiger partial charge in [0.25, 0.3) is 0 Å². The van der Waals surface area contributed by atoms with E-state index in [4.69, 9.17) is 20.5 Å². The number of nitriles is 1. The van der Waals surface area contributed by atoms with Crippen LogP contribution in [0, 0.1) is 11.3 Å². The van der Waals surface area contributed by atoms with Gasteiger partial charge in [-0.3, -0.25) is 0 Å². The van der Waals surface area contributed by atoms with Gasteiger partial charge in [-0.05, 0) is 6.42 Å². The van der Waals surface area contributed by atoms with Crippen molar-refractivity contribution in [2.24, 2.45) is 0 Å². The van der Waals surface area contributed by atoms with Gasteiger partial charge in [0, 0.05) is 12.5 Å². The molecule has 2 N–H and O–H groups in total. The number of methoxy groups -OCH3 is 1. The van der Waals surface area contributed by atoms with Crippen LogP contribution >= 0.6 is 0 Å². The number of unbranched alkanes of at least 4 members (excludes halogenated alkanes) is 1. The normalized spacial score (nSPS) is 9.33. The van der Waals surface area contributed by atoms with Gasteiger partial charge in [-0.15, -0.1) is 0 Å². The van der Waals surface area contributed by atoms with E-state index in [0.717, 1.165) is 0 Å². The highest BCUT2D eigenvalue weighted by Crippen LogP contribution is 2.15. The molecule has 0 aliphatic rings. The van der Waals surface area contributed by atoms with Crippen LogP contribution in [-0.2, 0) is 0 Å². The summed E-state index contributed by atoms with van der Waals surface area (Å²) in [4.78, 5) is 7.74. The minimum atomic E-state index is 0.172. The predicted molar refractivity (Wildman–Crippen MR) is 53.3 cm³/mol. The molecule has 1 rings (SSSR count). The molecule has 1 aromatic rings. The van der Waals surface area contributed by atoms with Gasteiger partial charge in [0.05, 0.1) is 19.8 Å². The number of hydrogen-bond donors (Lipinski definition) is 1. The van der Waals surface area contributed by atoms with E-state index < -0.39 is 0 Å². The highest BCUT2D eigenvalue weighted by atomic mass is 16.5. The molecular weight excluding hydrogens is 196 g/mol. The van der Waals surface area contributed by atoms with Gasteiger partial charge in [0.1, 0.15) is 5.82 Å². The van der Waals surface area contributed by atoms with E-state index in [0.29, 0.717) is 25.3 Å². The minimum Gasteiger partial charge on any atom is -0.477 e. The molecule has 0 saturated carbocycles. The molecule has 0 atom stereocenters. The Morgan fingerprint density at radius 1 is 1.53 bits per heavy atom. The first-order valence-corrected chi connectivity index (χ1v) is 4.44. The number of nitrogen functional groups attached to an aromatic ring is 1. The molecule has 1 aromatic heterocycles. The number of aromatic nitrogens is 2.